The lowest BCUT2D eigenvalue weighted by molar-refractivity contribution is 0.739. The van der Waals surface area contributed by atoms with Crippen LogP contribution >= 0.6 is 11.3 Å². The zero-order valence-corrected chi connectivity index (χ0v) is 13.8. The Morgan fingerprint density at radius 3 is 2.30 bits per heavy atom. The summed E-state index contributed by atoms with van der Waals surface area (Å²) in [4.78, 5) is 15.9. The highest BCUT2D eigenvalue weighted by atomic mass is 32.1. The number of aromatic nitrogens is 3. The van der Waals surface area contributed by atoms with Gasteiger partial charge in [0.25, 0.3) is 0 Å². The standard InChI is InChI=1S/C15H22N4S/c1-8(2)14-17-12(6)18-15(19-14)16-10(4)13-7-9(3)20-11(13)5/h7-8,10H,1-6H3,(H,16,17,18,19). The second kappa shape index (κ2) is 5.87. The topological polar surface area (TPSA) is 50.7 Å². The number of anilines is 1. The summed E-state index contributed by atoms with van der Waals surface area (Å²) in [5.41, 5.74) is 1.32. The highest BCUT2D eigenvalue weighted by molar-refractivity contribution is 7.12. The van der Waals surface area contributed by atoms with E-state index in [1.54, 1.807) is 0 Å². The molecule has 0 bridgehead atoms. The summed E-state index contributed by atoms with van der Waals surface area (Å²) in [7, 11) is 0. The Bertz CT molecular complexity index is 604. The number of hydrogen-bond donors (Lipinski definition) is 1. The Morgan fingerprint density at radius 2 is 1.75 bits per heavy atom. The molecule has 0 aliphatic rings. The van der Waals surface area contributed by atoms with Gasteiger partial charge < -0.3 is 5.32 Å². The Balaban J connectivity index is 2.23. The first-order chi connectivity index (χ1) is 9.36. The molecule has 0 saturated heterocycles. The van der Waals surface area contributed by atoms with Crippen molar-refractivity contribution in [3.8, 4) is 0 Å². The Kier molecular flexibility index (Phi) is 4.38. The lowest BCUT2D eigenvalue weighted by Crippen LogP contribution is -2.13. The van der Waals surface area contributed by atoms with Gasteiger partial charge in [0.1, 0.15) is 11.6 Å². The maximum Gasteiger partial charge on any atom is 0.226 e. The maximum atomic E-state index is 4.51. The molecule has 0 aromatic carbocycles. The van der Waals surface area contributed by atoms with Gasteiger partial charge in [-0.2, -0.15) is 9.97 Å². The van der Waals surface area contributed by atoms with Crippen molar-refractivity contribution in [2.75, 3.05) is 5.32 Å². The molecule has 5 heteroatoms. The predicted octanol–water partition coefficient (Wildman–Crippen LogP) is 4.15. The van der Waals surface area contributed by atoms with Crippen molar-refractivity contribution in [1.29, 1.82) is 0 Å². The van der Waals surface area contributed by atoms with Crippen LogP contribution in [-0.4, -0.2) is 15.0 Å². The number of rotatable bonds is 4. The maximum absolute atomic E-state index is 4.51. The van der Waals surface area contributed by atoms with Gasteiger partial charge >= 0.3 is 0 Å². The van der Waals surface area contributed by atoms with Gasteiger partial charge in [-0.05, 0) is 39.3 Å². The molecule has 0 fully saturated rings. The third-order valence-corrected chi connectivity index (χ3v) is 4.15. The molecule has 2 rings (SSSR count). The Hall–Kier alpha value is -1.49. The van der Waals surface area contributed by atoms with E-state index in [0.717, 1.165) is 11.6 Å². The van der Waals surface area contributed by atoms with Gasteiger partial charge in [-0.25, -0.2) is 4.98 Å². The van der Waals surface area contributed by atoms with Gasteiger partial charge in [0.2, 0.25) is 5.95 Å². The molecule has 0 radical (unpaired) electrons. The van der Waals surface area contributed by atoms with E-state index < -0.39 is 0 Å². The second-order valence-corrected chi connectivity index (χ2v) is 6.91. The molecule has 2 aromatic heterocycles. The van der Waals surface area contributed by atoms with E-state index in [1.807, 2.05) is 18.3 Å². The van der Waals surface area contributed by atoms with E-state index in [1.165, 1.54) is 15.3 Å². The number of thiophene rings is 1. The van der Waals surface area contributed by atoms with Crippen LogP contribution in [0.1, 0.15) is 59.7 Å². The monoisotopic (exact) mass is 290 g/mol. The summed E-state index contributed by atoms with van der Waals surface area (Å²) in [5, 5.41) is 3.39. The van der Waals surface area contributed by atoms with Crippen molar-refractivity contribution in [1.82, 2.24) is 15.0 Å². The van der Waals surface area contributed by atoms with Crippen LogP contribution in [0.5, 0.6) is 0 Å². The van der Waals surface area contributed by atoms with Crippen LogP contribution in [-0.2, 0) is 0 Å². The highest BCUT2D eigenvalue weighted by Crippen LogP contribution is 2.28. The van der Waals surface area contributed by atoms with Gasteiger partial charge in [0.05, 0.1) is 6.04 Å². The van der Waals surface area contributed by atoms with E-state index in [2.05, 4.69) is 61.0 Å². The molecule has 1 unspecified atom stereocenters. The SMILES string of the molecule is Cc1nc(NC(C)c2cc(C)sc2C)nc(C(C)C)n1. The van der Waals surface area contributed by atoms with E-state index in [-0.39, 0.29) is 6.04 Å². The average Bonchev–Trinajstić information content (AvgIpc) is 2.67. The highest BCUT2D eigenvalue weighted by Gasteiger charge is 2.14. The molecule has 2 heterocycles. The summed E-state index contributed by atoms with van der Waals surface area (Å²) in [6, 6.07) is 2.43. The van der Waals surface area contributed by atoms with Crippen molar-refractivity contribution in [2.45, 2.75) is 53.5 Å². The first-order valence-electron chi connectivity index (χ1n) is 6.93. The minimum absolute atomic E-state index is 0.196. The summed E-state index contributed by atoms with van der Waals surface area (Å²) in [6.07, 6.45) is 0. The first-order valence-corrected chi connectivity index (χ1v) is 7.74. The van der Waals surface area contributed by atoms with Crippen molar-refractivity contribution < 1.29 is 0 Å². The molecule has 108 valence electrons. The van der Waals surface area contributed by atoms with Gasteiger partial charge in [-0.1, -0.05) is 13.8 Å². The Morgan fingerprint density at radius 1 is 1.05 bits per heavy atom. The first kappa shape index (κ1) is 14.9. The molecular formula is C15H22N4S. The molecular weight excluding hydrogens is 268 g/mol. The largest absolute Gasteiger partial charge is 0.348 e. The fourth-order valence-corrected chi connectivity index (χ4v) is 3.20. The number of aryl methyl sites for hydroxylation is 3. The second-order valence-electron chi connectivity index (χ2n) is 5.45. The number of hydrogen-bond acceptors (Lipinski definition) is 5. The van der Waals surface area contributed by atoms with E-state index in [9.17, 15) is 0 Å². The predicted molar refractivity (Wildman–Crippen MR) is 84.5 cm³/mol. The zero-order valence-electron chi connectivity index (χ0n) is 13.0. The third kappa shape index (κ3) is 3.33. The van der Waals surface area contributed by atoms with Crippen LogP contribution in [0.15, 0.2) is 6.07 Å². The van der Waals surface area contributed by atoms with Crippen LogP contribution in [0.25, 0.3) is 0 Å². The molecule has 4 nitrogen and oxygen atoms in total. The zero-order chi connectivity index (χ0) is 14.9. The van der Waals surface area contributed by atoms with Gasteiger partial charge in [0, 0.05) is 15.7 Å². The molecule has 0 aliphatic heterocycles. The van der Waals surface area contributed by atoms with Gasteiger partial charge in [-0.3, -0.25) is 0 Å². The Labute approximate surface area is 124 Å². The third-order valence-electron chi connectivity index (χ3n) is 3.17. The average molecular weight is 290 g/mol. The van der Waals surface area contributed by atoms with Crippen LogP contribution in [0.3, 0.4) is 0 Å². The molecule has 0 saturated carbocycles. The van der Waals surface area contributed by atoms with Crippen LogP contribution < -0.4 is 5.32 Å². The lowest BCUT2D eigenvalue weighted by atomic mass is 10.1. The minimum atomic E-state index is 0.196. The van der Waals surface area contributed by atoms with Gasteiger partial charge in [-0.15, -0.1) is 11.3 Å². The van der Waals surface area contributed by atoms with E-state index in [4.69, 9.17) is 0 Å². The molecule has 20 heavy (non-hydrogen) atoms. The smallest absolute Gasteiger partial charge is 0.226 e. The molecule has 1 atom stereocenters. The summed E-state index contributed by atoms with van der Waals surface area (Å²) in [6.45, 7) is 12.5. The van der Waals surface area contributed by atoms with E-state index >= 15 is 0 Å². The summed E-state index contributed by atoms with van der Waals surface area (Å²) in [5.74, 6) is 2.57. The quantitative estimate of drug-likeness (QED) is 0.918. The minimum Gasteiger partial charge on any atom is -0.348 e. The fraction of sp³-hybridized carbons (Fsp3) is 0.533. The normalized spacial score (nSPS) is 12.8. The molecule has 2 aromatic rings. The number of nitrogens with one attached hydrogen (secondary N) is 1. The van der Waals surface area contributed by atoms with Crippen molar-refractivity contribution in [2.24, 2.45) is 0 Å². The van der Waals surface area contributed by atoms with E-state index in [0.29, 0.717) is 11.9 Å². The van der Waals surface area contributed by atoms with Gasteiger partial charge in [0.15, 0.2) is 0 Å². The lowest BCUT2D eigenvalue weighted by Gasteiger charge is -2.15. The van der Waals surface area contributed by atoms with Crippen LogP contribution in [0.4, 0.5) is 5.95 Å². The van der Waals surface area contributed by atoms with Crippen molar-refractivity contribution in [3.05, 3.63) is 33.0 Å². The molecule has 0 amide bonds. The van der Waals surface area contributed by atoms with Crippen LogP contribution in [0.2, 0.25) is 0 Å². The molecule has 0 spiro atoms. The molecule has 1 N–H and O–H groups in total. The van der Waals surface area contributed by atoms with Crippen molar-refractivity contribution >= 4 is 17.3 Å². The van der Waals surface area contributed by atoms with Crippen LogP contribution in [0, 0.1) is 20.8 Å². The fourth-order valence-electron chi connectivity index (χ4n) is 2.18. The summed E-state index contributed by atoms with van der Waals surface area (Å²) >= 11 is 1.83. The number of nitrogens with zero attached hydrogens (tertiary/aromatic N) is 3. The van der Waals surface area contributed by atoms with Crippen molar-refractivity contribution in [3.63, 3.8) is 0 Å². The summed E-state index contributed by atoms with van der Waals surface area (Å²) < 4.78 is 0. The molecule has 0 aliphatic carbocycles.